The number of unbranched alkanes of at least 4 members (excludes halogenated alkanes) is 5. The van der Waals surface area contributed by atoms with E-state index < -0.39 is 7.32 Å². The Balaban J connectivity index is 4.18. The average Bonchev–Trinajstić information content (AvgIpc) is 2.52. The Morgan fingerprint density at radius 2 is 1.23 bits per heavy atom. The standard InChI is InChI=1S/C18H39BO3/c1-5-9-12-13-15-18(14-8-4)22-19(20-16-10-6-2)21-17-11-7-3/h18H,5-17H2,1-4H3. The normalized spacial score (nSPS) is 12.5. The molecule has 0 rings (SSSR count). The monoisotopic (exact) mass is 314 g/mol. The molecule has 0 aromatic rings. The van der Waals surface area contributed by atoms with Gasteiger partial charge in [0.25, 0.3) is 0 Å². The number of hydrogen-bond acceptors (Lipinski definition) is 3. The third-order valence-corrected chi connectivity index (χ3v) is 3.80. The molecule has 0 spiro atoms. The number of rotatable bonds is 17. The Bertz CT molecular complexity index is 205. The molecule has 0 bridgehead atoms. The minimum absolute atomic E-state index is 0.273. The van der Waals surface area contributed by atoms with Crippen LogP contribution in [-0.2, 0) is 14.0 Å². The van der Waals surface area contributed by atoms with E-state index in [1.807, 2.05) is 0 Å². The van der Waals surface area contributed by atoms with Crippen LogP contribution in [0, 0.1) is 0 Å². The van der Waals surface area contributed by atoms with Crippen molar-refractivity contribution in [2.24, 2.45) is 0 Å². The molecule has 132 valence electrons. The van der Waals surface area contributed by atoms with Crippen molar-refractivity contribution in [3.05, 3.63) is 0 Å². The summed E-state index contributed by atoms with van der Waals surface area (Å²) in [4.78, 5) is 0. The van der Waals surface area contributed by atoms with Gasteiger partial charge in [-0.1, -0.05) is 72.6 Å². The van der Waals surface area contributed by atoms with Crippen molar-refractivity contribution in [1.82, 2.24) is 0 Å². The van der Waals surface area contributed by atoms with Gasteiger partial charge in [-0.05, 0) is 25.7 Å². The summed E-state index contributed by atoms with van der Waals surface area (Å²) in [6.45, 7) is 10.3. The van der Waals surface area contributed by atoms with E-state index in [2.05, 4.69) is 27.7 Å². The molecule has 0 aromatic carbocycles. The van der Waals surface area contributed by atoms with Crippen LogP contribution >= 0.6 is 0 Å². The summed E-state index contributed by atoms with van der Waals surface area (Å²) in [6.07, 6.45) is 13.2. The van der Waals surface area contributed by atoms with Crippen molar-refractivity contribution in [3.63, 3.8) is 0 Å². The lowest BCUT2D eigenvalue weighted by Gasteiger charge is -2.22. The first-order chi connectivity index (χ1) is 10.8. The summed E-state index contributed by atoms with van der Waals surface area (Å²) < 4.78 is 17.7. The molecular formula is C18H39BO3. The largest absolute Gasteiger partial charge is 0.639 e. The summed E-state index contributed by atoms with van der Waals surface area (Å²) in [5, 5.41) is 0. The van der Waals surface area contributed by atoms with E-state index in [9.17, 15) is 0 Å². The van der Waals surface area contributed by atoms with Crippen molar-refractivity contribution < 1.29 is 14.0 Å². The Morgan fingerprint density at radius 3 is 1.73 bits per heavy atom. The first kappa shape index (κ1) is 21.9. The molecule has 0 aliphatic rings. The van der Waals surface area contributed by atoms with Gasteiger partial charge in [-0.15, -0.1) is 0 Å². The zero-order valence-corrected chi connectivity index (χ0v) is 15.6. The van der Waals surface area contributed by atoms with Crippen LogP contribution in [0.15, 0.2) is 0 Å². The van der Waals surface area contributed by atoms with Gasteiger partial charge in [0.1, 0.15) is 0 Å². The predicted molar refractivity (Wildman–Crippen MR) is 96.0 cm³/mol. The third kappa shape index (κ3) is 13.6. The third-order valence-electron chi connectivity index (χ3n) is 3.80. The molecule has 0 fully saturated rings. The number of hydrogen-bond donors (Lipinski definition) is 0. The second kappa shape index (κ2) is 17.3. The molecule has 0 saturated heterocycles. The summed E-state index contributed by atoms with van der Waals surface area (Å²) in [6, 6.07) is 0. The van der Waals surface area contributed by atoms with E-state index in [4.69, 9.17) is 14.0 Å². The minimum atomic E-state index is -0.471. The highest BCUT2D eigenvalue weighted by Gasteiger charge is 2.25. The van der Waals surface area contributed by atoms with Gasteiger partial charge in [-0.25, -0.2) is 0 Å². The van der Waals surface area contributed by atoms with Crippen molar-refractivity contribution in [2.45, 2.75) is 104 Å². The summed E-state index contributed by atoms with van der Waals surface area (Å²) in [7, 11) is -0.471. The zero-order valence-electron chi connectivity index (χ0n) is 15.6. The molecule has 0 amide bonds. The van der Waals surface area contributed by atoms with Gasteiger partial charge in [0.2, 0.25) is 0 Å². The van der Waals surface area contributed by atoms with Crippen LogP contribution in [0.5, 0.6) is 0 Å². The second-order valence-electron chi connectivity index (χ2n) is 6.13. The Kier molecular flexibility index (Phi) is 17.3. The van der Waals surface area contributed by atoms with Gasteiger partial charge >= 0.3 is 7.32 Å². The highest BCUT2D eigenvalue weighted by atomic mass is 16.7. The van der Waals surface area contributed by atoms with Gasteiger partial charge in [-0.2, -0.15) is 0 Å². The molecule has 0 saturated carbocycles. The lowest BCUT2D eigenvalue weighted by molar-refractivity contribution is 0.0473. The second-order valence-corrected chi connectivity index (χ2v) is 6.13. The van der Waals surface area contributed by atoms with Crippen LogP contribution in [0.3, 0.4) is 0 Å². The Labute approximate surface area is 139 Å². The van der Waals surface area contributed by atoms with Crippen LogP contribution < -0.4 is 0 Å². The maximum absolute atomic E-state index is 6.12. The van der Waals surface area contributed by atoms with Crippen LogP contribution in [0.1, 0.15) is 98.3 Å². The molecule has 1 unspecified atom stereocenters. The van der Waals surface area contributed by atoms with Crippen molar-refractivity contribution in [1.29, 1.82) is 0 Å². The van der Waals surface area contributed by atoms with E-state index in [1.54, 1.807) is 0 Å². The zero-order chi connectivity index (χ0) is 16.5. The summed E-state index contributed by atoms with van der Waals surface area (Å²) >= 11 is 0. The molecule has 3 nitrogen and oxygen atoms in total. The van der Waals surface area contributed by atoms with Crippen molar-refractivity contribution in [3.8, 4) is 0 Å². The maximum Gasteiger partial charge on any atom is 0.639 e. The SMILES string of the molecule is CCCCCCC(CCC)OB(OCCCC)OCCCC. The molecule has 0 aliphatic heterocycles. The van der Waals surface area contributed by atoms with Crippen LogP contribution in [0.4, 0.5) is 0 Å². The molecule has 0 radical (unpaired) electrons. The molecule has 0 N–H and O–H groups in total. The van der Waals surface area contributed by atoms with E-state index in [1.165, 1.54) is 25.7 Å². The summed E-state index contributed by atoms with van der Waals surface area (Å²) in [5.74, 6) is 0. The quantitative estimate of drug-likeness (QED) is 0.252. The highest BCUT2D eigenvalue weighted by molar-refractivity contribution is 6.36. The van der Waals surface area contributed by atoms with Gasteiger partial charge < -0.3 is 14.0 Å². The van der Waals surface area contributed by atoms with E-state index >= 15 is 0 Å². The first-order valence-electron chi connectivity index (χ1n) is 9.67. The lowest BCUT2D eigenvalue weighted by atomic mass is 10.0. The van der Waals surface area contributed by atoms with E-state index in [0.717, 1.165) is 58.2 Å². The van der Waals surface area contributed by atoms with Crippen LogP contribution in [-0.4, -0.2) is 26.6 Å². The lowest BCUT2D eigenvalue weighted by Crippen LogP contribution is -2.33. The highest BCUT2D eigenvalue weighted by Crippen LogP contribution is 2.15. The molecule has 22 heavy (non-hydrogen) atoms. The average molecular weight is 314 g/mol. The van der Waals surface area contributed by atoms with Gasteiger partial charge in [0.15, 0.2) is 0 Å². The predicted octanol–water partition coefficient (Wildman–Crippen LogP) is 5.76. The van der Waals surface area contributed by atoms with E-state index in [-0.39, 0.29) is 6.10 Å². The molecule has 0 heterocycles. The van der Waals surface area contributed by atoms with Crippen LogP contribution in [0.25, 0.3) is 0 Å². The topological polar surface area (TPSA) is 27.7 Å². The maximum atomic E-state index is 6.12. The molecule has 1 atom stereocenters. The Morgan fingerprint density at radius 1 is 0.636 bits per heavy atom. The van der Waals surface area contributed by atoms with Crippen molar-refractivity contribution in [2.75, 3.05) is 13.2 Å². The fourth-order valence-electron chi connectivity index (χ4n) is 2.33. The molecule has 0 aliphatic carbocycles. The van der Waals surface area contributed by atoms with Crippen LogP contribution in [0.2, 0.25) is 0 Å². The molecule has 4 heteroatoms. The van der Waals surface area contributed by atoms with Gasteiger partial charge in [-0.3, -0.25) is 0 Å². The fourth-order valence-corrected chi connectivity index (χ4v) is 2.33. The van der Waals surface area contributed by atoms with E-state index in [0.29, 0.717) is 0 Å². The van der Waals surface area contributed by atoms with Gasteiger partial charge in [0, 0.05) is 19.3 Å². The smallest absolute Gasteiger partial charge is 0.386 e. The van der Waals surface area contributed by atoms with Crippen molar-refractivity contribution >= 4 is 7.32 Å². The Hall–Kier alpha value is -0.0551. The fraction of sp³-hybridized carbons (Fsp3) is 1.00. The molecule has 0 aromatic heterocycles. The minimum Gasteiger partial charge on any atom is -0.386 e. The first-order valence-corrected chi connectivity index (χ1v) is 9.67. The van der Waals surface area contributed by atoms with Gasteiger partial charge in [0.05, 0.1) is 0 Å². The summed E-state index contributed by atoms with van der Waals surface area (Å²) in [5.41, 5.74) is 0. The molecular weight excluding hydrogens is 275 g/mol.